The van der Waals surface area contributed by atoms with Crippen LogP contribution in [-0.4, -0.2) is 43.5 Å². The summed E-state index contributed by atoms with van der Waals surface area (Å²) in [7, 11) is 0. The number of carboxylic acid groups (broad SMARTS) is 1. The van der Waals surface area contributed by atoms with E-state index in [9.17, 15) is 14.7 Å². The van der Waals surface area contributed by atoms with E-state index in [-0.39, 0.29) is 23.6 Å². The molecule has 4 unspecified atom stereocenters. The highest BCUT2D eigenvalue weighted by Gasteiger charge is 2.45. The van der Waals surface area contributed by atoms with Crippen molar-refractivity contribution in [1.82, 2.24) is 5.32 Å². The lowest BCUT2D eigenvalue weighted by molar-refractivity contribution is -0.746. The summed E-state index contributed by atoms with van der Waals surface area (Å²) in [5.74, 6) is -0.613. The van der Waals surface area contributed by atoms with Gasteiger partial charge in [0.1, 0.15) is 29.2 Å². The molecule has 0 radical (unpaired) electrons. The Kier molecular flexibility index (Phi) is 12.4. The number of ether oxygens (including phenoxy) is 2. The number of rotatable bonds is 8. The number of allylic oxidation sites excluding steroid dienone is 4. The van der Waals surface area contributed by atoms with Crippen molar-refractivity contribution in [1.29, 1.82) is 0 Å². The van der Waals surface area contributed by atoms with Crippen molar-refractivity contribution in [2.24, 2.45) is 5.92 Å². The van der Waals surface area contributed by atoms with Gasteiger partial charge in [-0.3, -0.25) is 0 Å². The minimum absolute atomic E-state index is 0.0140. The van der Waals surface area contributed by atoms with Crippen LogP contribution >= 0.6 is 0 Å². The van der Waals surface area contributed by atoms with Crippen LogP contribution in [0.4, 0.5) is 0 Å². The van der Waals surface area contributed by atoms with Gasteiger partial charge >= 0.3 is 17.1 Å². The number of benzene rings is 2. The van der Waals surface area contributed by atoms with Crippen LogP contribution in [0.25, 0.3) is 38.6 Å². The average Bonchev–Trinajstić information content (AvgIpc) is 3.37. The Morgan fingerprint density at radius 1 is 0.771 bits per heavy atom. The van der Waals surface area contributed by atoms with Gasteiger partial charge in [-0.05, 0) is 101 Å². The van der Waals surface area contributed by atoms with Crippen molar-refractivity contribution >= 4 is 45.2 Å². The first kappa shape index (κ1) is 45.7. The highest BCUT2D eigenvalue weighted by Crippen LogP contribution is 2.47. The number of aryl methyl sites for hydroxylation is 4. The van der Waals surface area contributed by atoms with E-state index >= 15 is 0 Å². The predicted octanol–water partition coefficient (Wildman–Crippen LogP) is 8.37. The quantitative estimate of drug-likeness (QED) is 0.0695. The molecular formula is C60H65N4O6+3. The first-order valence-electron chi connectivity index (χ1n) is 26.1. The van der Waals surface area contributed by atoms with E-state index in [1.165, 1.54) is 79.7 Å². The molecule has 70 heavy (non-hydrogen) atoms. The first-order chi connectivity index (χ1) is 34.2. The van der Waals surface area contributed by atoms with Gasteiger partial charge in [0.15, 0.2) is 23.5 Å². The summed E-state index contributed by atoms with van der Waals surface area (Å²) in [5.41, 5.74) is 17.4. The normalized spacial score (nSPS) is 22.4. The minimum atomic E-state index is -1.12. The summed E-state index contributed by atoms with van der Waals surface area (Å²) in [5, 5.41) is 17.9. The fourth-order valence-corrected chi connectivity index (χ4v) is 12.8. The van der Waals surface area contributed by atoms with Gasteiger partial charge in [-0.15, -0.1) is 0 Å². The molecule has 0 saturated heterocycles. The highest BCUT2D eigenvalue weighted by atomic mass is 16.5. The molecule has 12 rings (SSSR count). The molecule has 358 valence electrons. The molecule has 5 aliphatic heterocycles. The van der Waals surface area contributed by atoms with Crippen molar-refractivity contribution < 1.29 is 42.7 Å². The van der Waals surface area contributed by atoms with E-state index in [0.717, 1.165) is 111 Å². The summed E-state index contributed by atoms with van der Waals surface area (Å²) in [6, 6.07) is 20.9. The second-order valence-corrected chi connectivity index (χ2v) is 20.0. The van der Waals surface area contributed by atoms with Gasteiger partial charge in [-0.2, -0.15) is 13.6 Å². The largest absolute Gasteiger partial charge is 0.545 e. The van der Waals surface area contributed by atoms with E-state index in [0.29, 0.717) is 24.3 Å². The molecule has 0 saturated carbocycles. The first-order valence-corrected chi connectivity index (χ1v) is 26.1. The van der Waals surface area contributed by atoms with Crippen molar-refractivity contribution in [2.45, 2.75) is 130 Å². The van der Waals surface area contributed by atoms with Gasteiger partial charge in [0.05, 0.1) is 24.2 Å². The van der Waals surface area contributed by atoms with Crippen LogP contribution in [0.15, 0.2) is 118 Å². The van der Waals surface area contributed by atoms with Crippen LogP contribution in [0, 0.1) is 5.92 Å². The summed E-state index contributed by atoms with van der Waals surface area (Å²) in [6.45, 7) is 12.3. The van der Waals surface area contributed by atoms with Gasteiger partial charge in [0, 0.05) is 104 Å². The Labute approximate surface area is 410 Å². The third-order valence-electron chi connectivity index (χ3n) is 15.8. The number of esters is 1. The van der Waals surface area contributed by atoms with Crippen molar-refractivity contribution in [2.75, 3.05) is 19.7 Å². The van der Waals surface area contributed by atoms with E-state index in [1.807, 2.05) is 43.3 Å². The summed E-state index contributed by atoms with van der Waals surface area (Å²) in [4.78, 5) is 28.6. The van der Waals surface area contributed by atoms with Crippen LogP contribution in [0.2, 0.25) is 0 Å². The van der Waals surface area contributed by atoms with Gasteiger partial charge in [0.25, 0.3) is 11.4 Å². The van der Waals surface area contributed by atoms with E-state index in [4.69, 9.17) is 13.9 Å². The maximum atomic E-state index is 12.9. The molecule has 7 aliphatic rings. The maximum absolute atomic E-state index is 12.9. The number of carboxylic acids is 1. The molecule has 0 spiro atoms. The number of fused-ring (bicyclic) bond motifs is 6. The summed E-state index contributed by atoms with van der Waals surface area (Å²) in [6.07, 6.45) is 22.4. The molecule has 0 fully saturated rings. The molecule has 0 amide bonds. The summed E-state index contributed by atoms with van der Waals surface area (Å²) < 4.78 is 24.2. The second-order valence-electron chi connectivity index (χ2n) is 20.0. The molecule has 4 atom stereocenters. The van der Waals surface area contributed by atoms with Crippen LogP contribution in [0.5, 0.6) is 0 Å². The topological polar surface area (TPSA) is 121 Å². The highest BCUT2D eigenvalue weighted by molar-refractivity contribution is 6.12. The lowest BCUT2D eigenvalue weighted by atomic mass is 9.75. The molecule has 0 bridgehead atoms. The monoisotopic (exact) mass is 937 g/mol. The molecule has 2 aliphatic carbocycles. The second kappa shape index (κ2) is 18.9. The molecule has 5 aromatic rings. The number of aromatic carboxylic acids is 1. The lowest BCUT2D eigenvalue weighted by Gasteiger charge is -2.38. The zero-order valence-corrected chi connectivity index (χ0v) is 41.3. The third kappa shape index (κ3) is 7.88. The van der Waals surface area contributed by atoms with Crippen molar-refractivity contribution in [3.63, 3.8) is 0 Å². The van der Waals surface area contributed by atoms with Crippen LogP contribution in [0.3, 0.4) is 0 Å². The molecule has 2 aromatic carbocycles. The van der Waals surface area contributed by atoms with Gasteiger partial charge in [0.2, 0.25) is 5.71 Å². The standard InChI is InChI=1S/C32H32N2O3.C28H32N2O3/c35-32(36)24-14-2-1-13-23(24)29-25-17-21-11-3-7-19-9-5-15-27(33(19)21)30(25)37-31-26(29)18-22-12-4-8-20-10-6-16-28(31)34(20)22;1-6-29-23-15-25-21(13-17(23)4)27(19-11-9-10-12-20(19)28(31)32-8-3)22-14-18(5)24(30-7-2)16-26(22)33-25/h1-2,13-14,17-20H,3-12,15-16H2;9-16,21,25,29H,6-8H2,1-5H3/q+2;/p+1. The Hall–Kier alpha value is -6.68. The molecular weight excluding hydrogens is 873 g/mol. The number of pyridine rings is 2. The Morgan fingerprint density at radius 2 is 1.37 bits per heavy atom. The van der Waals surface area contributed by atoms with E-state index in [1.54, 1.807) is 12.1 Å². The van der Waals surface area contributed by atoms with Crippen molar-refractivity contribution in [3.8, 4) is 11.1 Å². The Morgan fingerprint density at radius 3 is 1.97 bits per heavy atom. The SMILES string of the molecule is CCNC1=CC2OC3=CC(=[NH+]CC)C(C)=CC3=C(c3ccccc3C(=O)OCC)C2C=C1C.O=C([O-])c1ccccc1-c1c2cc3[n+]4c(c2[o+]c2c5[n+]6c(cc12)CCCC6CCC5)CCCC4CCC3. The fraction of sp³-hybridized carbons (Fsp3) is 0.400. The maximum Gasteiger partial charge on any atom is 0.427 e. The van der Waals surface area contributed by atoms with Crippen LogP contribution in [-0.2, 0) is 35.2 Å². The van der Waals surface area contributed by atoms with Gasteiger partial charge in [-0.25, -0.2) is 9.79 Å². The number of hydrogen-bond donors (Lipinski definition) is 2. The minimum Gasteiger partial charge on any atom is -0.545 e. The molecule has 2 N–H and O–H groups in total. The number of aromatic nitrogens is 2. The lowest BCUT2D eigenvalue weighted by Crippen LogP contribution is -2.72. The number of nitrogens with zero attached hydrogens (tertiary/aromatic N) is 2. The molecule has 10 heteroatoms. The Bertz CT molecular complexity index is 3110. The molecule has 3 aromatic heterocycles. The van der Waals surface area contributed by atoms with E-state index in [2.05, 4.69) is 83.6 Å². The van der Waals surface area contributed by atoms with Gasteiger partial charge < -0.3 is 24.7 Å². The summed E-state index contributed by atoms with van der Waals surface area (Å²) >= 11 is 0. The fourth-order valence-electron chi connectivity index (χ4n) is 12.8. The number of carbonyl (C=O) groups excluding carboxylic acids is 2. The zero-order valence-electron chi connectivity index (χ0n) is 41.3. The van der Waals surface area contributed by atoms with Crippen LogP contribution < -0.4 is 24.5 Å². The van der Waals surface area contributed by atoms with Gasteiger partial charge in [-0.1, -0.05) is 48.5 Å². The third-order valence-corrected chi connectivity index (χ3v) is 15.8. The number of nitrogens with one attached hydrogen (secondary N) is 2. The Balaban J connectivity index is 0.000000154. The van der Waals surface area contributed by atoms with Crippen LogP contribution in [0.1, 0.15) is 147 Å². The molecule has 8 heterocycles. The number of carbonyl (C=O) groups is 2. The zero-order chi connectivity index (χ0) is 48.2. The molecule has 10 nitrogen and oxygen atoms in total. The predicted molar refractivity (Wildman–Crippen MR) is 270 cm³/mol. The smallest absolute Gasteiger partial charge is 0.427 e. The van der Waals surface area contributed by atoms with Crippen molar-refractivity contribution in [3.05, 3.63) is 153 Å². The average molecular weight is 938 g/mol. The van der Waals surface area contributed by atoms with E-state index < -0.39 is 5.97 Å². The number of likely N-dealkylation sites (N-methyl/N-ethyl adjacent to an activating group) is 1. The number of hydrogen-bond acceptors (Lipinski definition) is 6.